The van der Waals surface area contributed by atoms with Gasteiger partial charge in [0.1, 0.15) is 0 Å². The normalized spacial score (nSPS) is 50.1. The summed E-state index contributed by atoms with van der Waals surface area (Å²) in [6.45, 7) is 17.0. The Bertz CT molecular complexity index is 295. The van der Waals surface area contributed by atoms with Gasteiger partial charge in [0.25, 0.3) is 0 Å². The first-order valence-electron chi connectivity index (χ1n) is 6.78. The van der Waals surface area contributed by atoms with E-state index in [2.05, 4.69) is 53.8 Å². The molecule has 1 heteroatoms. The highest BCUT2D eigenvalue weighted by Gasteiger charge is 2.58. The van der Waals surface area contributed by atoms with Crippen LogP contribution in [0.3, 0.4) is 0 Å². The Morgan fingerprint density at radius 3 is 1.88 bits per heavy atom. The molecule has 0 aromatic heterocycles. The number of nitrogens with one attached hydrogen (secondary N) is 1. The van der Waals surface area contributed by atoms with Crippen molar-refractivity contribution >= 4 is 0 Å². The van der Waals surface area contributed by atoms with Gasteiger partial charge >= 0.3 is 0 Å². The van der Waals surface area contributed by atoms with Crippen molar-refractivity contribution in [3.63, 3.8) is 0 Å². The van der Waals surface area contributed by atoms with E-state index in [9.17, 15) is 0 Å². The molecular formula is C15H29N. The highest BCUT2D eigenvalue weighted by atomic mass is 15.1. The van der Waals surface area contributed by atoms with Gasteiger partial charge in [-0.25, -0.2) is 0 Å². The van der Waals surface area contributed by atoms with Crippen molar-refractivity contribution in [3.05, 3.63) is 0 Å². The average Bonchev–Trinajstić information content (AvgIpc) is 1.94. The first-order valence-corrected chi connectivity index (χ1v) is 6.78. The summed E-state index contributed by atoms with van der Waals surface area (Å²) >= 11 is 0. The summed E-state index contributed by atoms with van der Waals surface area (Å²) in [5.74, 6) is 0.743. The van der Waals surface area contributed by atoms with Gasteiger partial charge in [0.2, 0.25) is 0 Å². The zero-order chi connectivity index (χ0) is 12.4. The number of rotatable bonds is 0. The molecule has 1 nitrogen and oxygen atoms in total. The third kappa shape index (κ3) is 1.81. The van der Waals surface area contributed by atoms with Crippen molar-refractivity contribution in [2.45, 2.75) is 78.8 Å². The zero-order valence-corrected chi connectivity index (χ0v) is 12.2. The molecule has 0 spiro atoms. The van der Waals surface area contributed by atoms with Crippen molar-refractivity contribution < 1.29 is 0 Å². The first-order chi connectivity index (χ1) is 6.98. The number of fused-ring (bicyclic) bond motifs is 4. The van der Waals surface area contributed by atoms with Gasteiger partial charge in [-0.05, 0) is 49.9 Å². The summed E-state index contributed by atoms with van der Waals surface area (Å²) in [7, 11) is 0. The maximum absolute atomic E-state index is 3.90. The molecule has 3 fully saturated rings. The number of hydrogen-bond acceptors (Lipinski definition) is 1. The molecular weight excluding hydrogens is 194 g/mol. The second-order valence-electron chi connectivity index (χ2n) is 8.51. The van der Waals surface area contributed by atoms with E-state index >= 15 is 0 Å². The fourth-order valence-corrected chi connectivity index (χ4v) is 5.22. The maximum Gasteiger partial charge on any atom is 0.0206 e. The Balaban J connectivity index is 2.32. The van der Waals surface area contributed by atoms with Crippen LogP contribution in [0.5, 0.6) is 0 Å². The van der Waals surface area contributed by atoms with Crippen LogP contribution >= 0.6 is 0 Å². The Kier molecular flexibility index (Phi) is 2.36. The van der Waals surface area contributed by atoms with Gasteiger partial charge in [-0.1, -0.05) is 34.6 Å². The maximum atomic E-state index is 3.90. The quantitative estimate of drug-likeness (QED) is 0.655. The summed E-state index contributed by atoms with van der Waals surface area (Å²) < 4.78 is 0. The van der Waals surface area contributed by atoms with Crippen molar-refractivity contribution in [1.29, 1.82) is 0 Å². The lowest BCUT2D eigenvalue weighted by molar-refractivity contribution is -0.0835. The predicted molar refractivity (Wildman–Crippen MR) is 70.5 cm³/mol. The molecule has 2 heterocycles. The van der Waals surface area contributed by atoms with E-state index in [1.54, 1.807) is 0 Å². The lowest BCUT2D eigenvalue weighted by Gasteiger charge is -2.65. The standard InChI is InChI=1S/C15H29N/c1-11-13(4,5)8-12(2,3)9-14(6)10-15(11,7)16-14/h11,16H,8-10H2,1-7H3. The van der Waals surface area contributed by atoms with Gasteiger partial charge in [0.15, 0.2) is 0 Å². The minimum absolute atomic E-state index is 0.370. The smallest absolute Gasteiger partial charge is 0.0206 e. The van der Waals surface area contributed by atoms with E-state index in [0.29, 0.717) is 21.9 Å². The Morgan fingerprint density at radius 2 is 1.38 bits per heavy atom. The van der Waals surface area contributed by atoms with E-state index in [1.807, 2.05) is 0 Å². The Morgan fingerprint density at radius 1 is 0.875 bits per heavy atom. The van der Waals surface area contributed by atoms with E-state index in [1.165, 1.54) is 19.3 Å². The minimum atomic E-state index is 0.370. The topological polar surface area (TPSA) is 12.0 Å². The third-order valence-corrected chi connectivity index (χ3v) is 5.28. The van der Waals surface area contributed by atoms with E-state index < -0.39 is 0 Å². The molecule has 2 saturated heterocycles. The monoisotopic (exact) mass is 223 g/mol. The van der Waals surface area contributed by atoms with Crippen molar-refractivity contribution in [3.8, 4) is 0 Å². The molecule has 1 aliphatic carbocycles. The Labute approximate surface area is 101 Å². The zero-order valence-electron chi connectivity index (χ0n) is 12.2. The second kappa shape index (κ2) is 3.04. The van der Waals surface area contributed by atoms with E-state index in [4.69, 9.17) is 0 Å². The van der Waals surface area contributed by atoms with Crippen LogP contribution in [0.2, 0.25) is 0 Å². The van der Waals surface area contributed by atoms with Crippen LogP contribution in [-0.2, 0) is 0 Å². The van der Waals surface area contributed by atoms with Crippen molar-refractivity contribution in [1.82, 2.24) is 5.32 Å². The largest absolute Gasteiger partial charge is 0.306 e. The van der Waals surface area contributed by atoms with Gasteiger partial charge < -0.3 is 5.32 Å². The van der Waals surface area contributed by atoms with Gasteiger partial charge in [0, 0.05) is 11.1 Å². The summed E-state index contributed by atoms with van der Waals surface area (Å²) in [6.07, 6.45) is 3.99. The molecule has 3 aliphatic rings. The molecule has 94 valence electrons. The van der Waals surface area contributed by atoms with Crippen LogP contribution < -0.4 is 5.32 Å². The molecule has 1 saturated carbocycles. The molecule has 1 N–H and O–H groups in total. The molecule has 0 aromatic rings. The molecule has 2 aliphatic heterocycles. The summed E-state index contributed by atoms with van der Waals surface area (Å²) in [6, 6.07) is 0. The second-order valence-corrected chi connectivity index (χ2v) is 8.51. The van der Waals surface area contributed by atoms with Crippen LogP contribution in [0.1, 0.15) is 67.7 Å². The van der Waals surface area contributed by atoms with Crippen LogP contribution in [-0.4, -0.2) is 11.1 Å². The minimum Gasteiger partial charge on any atom is -0.306 e. The molecule has 0 amide bonds. The van der Waals surface area contributed by atoms with Crippen LogP contribution in [0.4, 0.5) is 0 Å². The molecule has 2 bridgehead atoms. The SMILES string of the molecule is CC1C(C)(C)CC(C)(C)CC2(C)CC1(C)N2. The van der Waals surface area contributed by atoms with Crippen LogP contribution in [0, 0.1) is 16.7 Å². The first kappa shape index (κ1) is 12.4. The Hall–Kier alpha value is -0.0400. The lowest BCUT2D eigenvalue weighted by Crippen LogP contribution is -2.75. The molecule has 3 rings (SSSR count). The highest BCUT2D eigenvalue weighted by Crippen LogP contribution is 2.56. The van der Waals surface area contributed by atoms with Crippen molar-refractivity contribution in [2.24, 2.45) is 16.7 Å². The molecule has 16 heavy (non-hydrogen) atoms. The fourth-order valence-electron chi connectivity index (χ4n) is 5.22. The van der Waals surface area contributed by atoms with Crippen molar-refractivity contribution in [2.75, 3.05) is 0 Å². The summed E-state index contributed by atoms with van der Waals surface area (Å²) in [4.78, 5) is 0. The predicted octanol–water partition coefficient (Wildman–Crippen LogP) is 3.98. The average molecular weight is 223 g/mol. The van der Waals surface area contributed by atoms with Gasteiger partial charge in [-0.3, -0.25) is 0 Å². The molecule has 0 radical (unpaired) electrons. The third-order valence-electron chi connectivity index (χ3n) is 5.28. The fraction of sp³-hybridized carbons (Fsp3) is 1.00. The van der Waals surface area contributed by atoms with Crippen LogP contribution in [0.15, 0.2) is 0 Å². The molecule has 3 atom stereocenters. The number of hydrogen-bond donors (Lipinski definition) is 1. The van der Waals surface area contributed by atoms with Gasteiger partial charge in [-0.2, -0.15) is 0 Å². The lowest BCUT2D eigenvalue weighted by atomic mass is 9.51. The molecule has 0 aromatic carbocycles. The summed E-state index contributed by atoms with van der Waals surface area (Å²) in [5.41, 5.74) is 1.66. The summed E-state index contributed by atoms with van der Waals surface area (Å²) in [5, 5.41) is 3.90. The van der Waals surface area contributed by atoms with Crippen LogP contribution in [0.25, 0.3) is 0 Å². The van der Waals surface area contributed by atoms with E-state index in [0.717, 1.165) is 5.92 Å². The molecule has 3 unspecified atom stereocenters. The van der Waals surface area contributed by atoms with Gasteiger partial charge in [-0.15, -0.1) is 0 Å². The van der Waals surface area contributed by atoms with Gasteiger partial charge in [0.05, 0.1) is 0 Å². The van der Waals surface area contributed by atoms with E-state index in [-0.39, 0.29) is 0 Å². The highest BCUT2D eigenvalue weighted by molar-refractivity contribution is 5.16.